The summed E-state index contributed by atoms with van der Waals surface area (Å²) in [5.74, 6) is 1.11. The van der Waals surface area contributed by atoms with Gasteiger partial charge in [-0.05, 0) is 61.6 Å². The summed E-state index contributed by atoms with van der Waals surface area (Å²) in [7, 11) is 0. The average molecular weight is 458 g/mol. The normalized spacial score (nSPS) is 24.7. The van der Waals surface area contributed by atoms with Crippen LogP contribution in [0.5, 0.6) is 5.75 Å². The number of hydrogen-bond acceptors (Lipinski definition) is 3. The molecule has 1 saturated heterocycles. The fourth-order valence-corrected chi connectivity index (χ4v) is 4.44. The van der Waals surface area contributed by atoms with E-state index >= 15 is 0 Å². The highest BCUT2D eigenvalue weighted by atomic mass is 19.4. The molecule has 8 heteroatoms. The van der Waals surface area contributed by atoms with Crippen molar-refractivity contribution in [1.29, 1.82) is 0 Å². The molecule has 2 fully saturated rings. The Hall–Kier alpha value is -3.00. The van der Waals surface area contributed by atoms with Crippen molar-refractivity contribution in [3.8, 4) is 5.75 Å². The van der Waals surface area contributed by atoms with Gasteiger partial charge in [-0.25, -0.2) is 0 Å². The SMILES string of the molecule is C[C@@H]1OC[C@H]1CC(=O)Nc1c[nH]c2ccc(OC3CC(c4ccc(C(F)(F)F)cc4)C3)cc12. The average Bonchev–Trinajstić information content (AvgIpc) is 3.14. The molecule has 0 spiro atoms. The number of benzene rings is 2. The van der Waals surface area contributed by atoms with Crippen molar-refractivity contribution in [3.05, 3.63) is 59.8 Å². The minimum atomic E-state index is -4.32. The van der Waals surface area contributed by atoms with Gasteiger partial charge in [0.15, 0.2) is 0 Å². The Morgan fingerprint density at radius 1 is 1.18 bits per heavy atom. The van der Waals surface area contributed by atoms with Crippen molar-refractivity contribution in [2.45, 2.75) is 50.5 Å². The standard InChI is InChI=1S/C25H25F3N2O3/c1-14-17(13-32-14)10-24(31)30-23-12-29-22-7-6-19(11-21(22)23)33-20-8-16(9-20)15-2-4-18(5-3-15)25(26,27)28/h2-7,11-12,14,16-17,20,29H,8-10,13H2,1H3,(H,30,31)/t14-,16?,17+,20?/m0/s1. The maximum absolute atomic E-state index is 12.7. The summed E-state index contributed by atoms with van der Waals surface area (Å²) in [6.07, 6.45) is -0.486. The number of hydrogen-bond donors (Lipinski definition) is 2. The molecule has 2 heterocycles. The summed E-state index contributed by atoms with van der Waals surface area (Å²) < 4.78 is 49.7. The van der Waals surface area contributed by atoms with E-state index in [2.05, 4.69) is 10.3 Å². The largest absolute Gasteiger partial charge is 0.490 e. The zero-order chi connectivity index (χ0) is 23.2. The highest BCUT2D eigenvalue weighted by molar-refractivity contribution is 6.02. The summed E-state index contributed by atoms with van der Waals surface area (Å²) in [5.41, 5.74) is 1.88. The van der Waals surface area contributed by atoms with E-state index in [4.69, 9.17) is 9.47 Å². The first kappa shape index (κ1) is 21.8. The number of fused-ring (bicyclic) bond motifs is 1. The third-order valence-electron chi connectivity index (χ3n) is 6.72. The molecule has 1 saturated carbocycles. The lowest BCUT2D eigenvalue weighted by Crippen LogP contribution is -2.39. The van der Waals surface area contributed by atoms with E-state index in [9.17, 15) is 18.0 Å². The maximum Gasteiger partial charge on any atom is 0.416 e. The fraction of sp³-hybridized carbons (Fsp3) is 0.400. The van der Waals surface area contributed by atoms with Crippen molar-refractivity contribution < 1.29 is 27.4 Å². The Morgan fingerprint density at radius 2 is 1.94 bits per heavy atom. The van der Waals surface area contributed by atoms with Crippen molar-refractivity contribution >= 4 is 22.5 Å². The highest BCUT2D eigenvalue weighted by Crippen LogP contribution is 2.41. The van der Waals surface area contributed by atoms with Gasteiger partial charge in [0.2, 0.25) is 5.91 Å². The number of carbonyl (C=O) groups excluding carboxylic acids is 1. The van der Waals surface area contributed by atoms with E-state index in [1.165, 1.54) is 0 Å². The molecule has 0 radical (unpaired) electrons. The van der Waals surface area contributed by atoms with Gasteiger partial charge in [0.05, 0.1) is 30.1 Å². The Labute approximate surface area is 189 Å². The summed E-state index contributed by atoms with van der Waals surface area (Å²) in [5, 5.41) is 3.85. The molecular formula is C25H25F3N2O3. The second kappa shape index (κ2) is 8.41. The predicted molar refractivity (Wildman–Crippen MR) is 118 cm³/mol. The van der Waals surface area contributed by atoms with Gasteiger partial charge in [-0.2, -0.15) is 13.2 Å². The lowest BCUT2D eigenvalue weighted by atomic mass is 9.77. The third kappa shape index (κ3) is 4.57. The number of rotatable bonds is 6. The Bertz CT molecular complexity index is 1150. The highest BCUT2D eigenvalue weighted by Gasteiger charge is 2.34. The molecule has 1 aliphatic heterocycles. The van der Waals surface area contributed by atoms with E-state index < -0.39 is 11.7 Å². The summed E-state index contributed by atoms with van der Waals surface area (Å²) >= 11 is 0. The van der Waals surface area contributed by atoms with Crippen LogP contribution in [0.25, 0.3) is 10.9 Å². The minimum Gasteiger partial charge on any atom is -0.490 e. The van der Waals surface area contributed by atoms with Crippen LogP contribution >= 0.6 is 0 Å². The van der Waals surface area contributed by atoms with Crippen molar-refractivity contribution in [3.63, 3.8) is 0 Å². The topological polar surface area (TPSA) is 63.3 Å². The minimum absolute atomic E-state index is 0.00632. The molecule has 2 aromatic carbocycles. The van der Waals surface area contributed by atoms with Crippen LogP contribution < -0.4 is 10.1 Å². The smallest absolute Gasteiger partial charge is 0.416 e. The van der Waals surface area contributed by atoms with Gasteiger partial charge in [0.25, 0.3) is 0 Å². The number of aromatic amines is 1. The van der Waals surface area contributed by atoms with Crippen LogP contribution in [0.1, 0.15) is 43.2 Å². The molecule has 5 nitrogen and oxygen atoms in total. The molecular weight excluding hydrogens is 433 g/mol. The summed E-state index contributed by atoms with van der Waals surface area (Å²) in [4.78, 5) is 15.6. The summed E-state index contributed by atoms with van der Waals surface area (Å²) in [6.45, 7) is 2.59. The molecule has 1 aliphatic carbocycles. The number of ether oxygens (including phenoxy) is 2. The van der Waals surface area contributed by atoms with Gasteiger partial charge < -0.3 is 19.8 Å². The quantitative estimate of drug-likeness (QED) is 0.485. The number of aromatic nitrogens is 1. The van der Waals surface area contributed by atoms with Crippen molar-refractivity contribution in [1.82, 2.24) is 4.98 Å². The number of H-pyrrole nitrogens is 1. The first-order valence-corrected chi connectivity index (χ1v) is 11.1. The van der Waals surface area contributed by atoms with Crippen LogP contribution in [0, 0.1) is 5.92 Å². The summed E-state index contributed by atoms with van der Waals surface area (Å²) in [6, 6.07) is 11.1. The third-order valence-corrected chi connectivity index (χ3v) is 6.72. The Morgan fingerprint density at radius 3 is 2.58 bits per heavy atom. The molecule has 1 amide bonds. The molecule has 1 aromatic heterocycles. The maximum atomic E-state index is 12.7. The molecule has 174 valence electrons. The molecule has 5 rings (SSSR count). The van der Waals surface area contributed by atoms with Crippen LogP contribution in [0.15, 0.2) is 48.7 Å². The van der Waals surface area contributed by atoms with E-state index in [-0.39, 0.29) is 30.0 Å². The number of nitrogens with one attached hydrogen (secondary N) is 2. The van der Waals surface area contributed by atoms with Gasteiger partial charge in [-0.15, -0.1) is 0 Å². The number of carbonyl (C=O) groups is 1. The molecule has 2 aliphatic rings. The zero-order valence-corrected chi connectivity index (χ0v) is 18.1. The lowest BCUT2D eigenvalue weighted by Gasteiger charge is -2.35. The van der Waals surface area contributed by atoms with Gasteiger partial charge in [-0.3, -0.25) is 4.79 Å². The van der Waals surface area contributed by atoms with Gasteiger partial charge in [-0.1, -0.05) is 12.1 Å². The Balaban J connectivity index is 1.19. The van der Waals surface area contributed by atoms with Crippen molar-refractivity contribution in [2.75, 3.05) is 11.9 Å². The molecule has 33 heavy (non-hydrogen) atoms. The second-order valence-electron chi connectivity index (χ2n) is 8.99. The number of amides is 1. The van der Waals surface area contributed by atoms with E-state index in [1.807, 2.05) is 25.1 Å². The first-order valence-electron chi connectivity index (χ1n) is 11.1. The molecule has 2 atom stereocenters. The van der Waals surface area contributed by atoms with Gasteiger partial charge in [0.1, 0.15) is 5.75 Å². The van der Waals surface area contributed by atoms with E-state index in [0.29, 0.717) is 24.5 Å². The second-order valence-corrected chi connectivity index (χ2v) is 8.99. The monoisotopic (exact) mass is 458 g/mol. The van der Waals surface area contributed by atoms with Crippen LogP contribution in [-0.4, -0.2) is 29.7 Å². The molecule has 3 aromatic rings. The van der Waals surface area contributed by atoms with Crippen LogP contribution in [-0.2, 0) is 15.7 Å². The van der Waals surface area contributed by atoms with Crippen LogP contribution in [0.3, 0.4) is 0 Å². The van der Waals surface area contributed by atoms with Gasteiger partial charge >= 0.3 is 6.18 Å². The predicted octanol–water partition coefficient (Wildman–Crippen LogP) is 5.88. The van der Waals surface area contributed by atoms with Crippen LogP contribution in [0.4, 0.5) is 18.9 Å². The molecule has 2 N–H and O–H groups in total. The lowest BCUT2D eigenvalue weighted by molar-refractivity contribution is -0.137. The zero-order valence-electron chi connectivity index (χ0n) is 18.1. The number of halogens is 3. The van der Waals surface area contributed by atoms with Crippen LogP contribution in [0.2, 0.25) is 0 Å². The molecule has 0 bridgehead atoms. The first-order chi connectivity index (χ1) is 15.8. The number of alkyl halides is 3. The Kier molecular flexibility index (Phi) is 5.56. The fourth-order valence-electron chi connectivity index (χ4n) is 4.44. The number of anilines is 1. The van der Waals surface area contributed by atoms with E-state index in [1.54, 1.807) is 18.3 Å². The van der Waals surface area contributed by atoms with E-state index in [0.717, 1.165) is 41.4 Å². The van der Waals surface area contributed by atoms with Gasteiger partial charge in [0, 0.05) is 29.4 Å². The molecule has 0 unspecified atom stereocenters. The van der Waals surface area contributed by atoms with Crippen molar-refractivity contribution in [2.24, 2.45) is 5.92 Å².